The lowest BCUT2D eigenvalue weighted by atomic mass is 10.3. The molecule has 0 radical (unpaired) electrons. The molecule has 3 nitrogen and oxygen atoms in total. The van der Waals surface area contributed by atoms with Crippen molar-refractivity contribution in [3.8, 4) is 6.07 Å². The van der Waals surface area contributed by atoms with Gasteiger partial charge in [0.25, 0.3) is 0 Å². The van der Waals surface area contributed by atoms with Gasteiger partial charge in [-0.05, 0) is 13.8 Å². The van der Waals surface area contributed by atoms with Crippen molar-refractivity contribution in [3.63, 3.8) is 0 Å². The lowest BCUT2D eigenvalue weighted by Gasteiger charge is -2.14. The highest BCUT2D eigenvalue weighted by molar-refractivity contribution is 4.90. The first kappa shape index (κ1) is 14.2. The Kier molecular flexibility index (Phi) is 6.29. The van der Waals surface area contributed by atoms with Crippen LogP contribution in [0, 0.1) is 11.3 Å². The average Bonchev–Trinajstić information content (AvgIpc) is 2.08. The molecule has 6 heteroatoms. The van der Waals surface area contributed by atoms with Crippen molar-refractivity contribution < 1.29 is 17.9 Å². The van der Waals surface area contributed by atoms with Gasteiger partial charge in [0, 0.05) is 6.04 Å². The van der Waals surface area contributed by atoms with Crippen molar-refractivity contribution in [3.05, 3.63) is 0 Å². The van der Waals surface area contributed by atoms with Crippen LogP contribution in [0.25, 0.3) is 0 Å². The van der Waals surface area contributed by atoms with Crippen molar-refractivity contribution >= 4 is 0 Å². The van der Waals surface area contributed by atoms with Gasteiger partial charge in [-0.2, -0.15) is 18.4 Å². The third-order valence-electron chi connectivity index (χ3n) is 1.50. The third-order valence-corrected chi connectivity index (χ3v) is 1.50. The number of nitriles is 1. The van der Waals surface area contributed by atoms with Crippen LogP contribution in [0.4, 0.5) is 13.2 Å². The molecule has 0 bridgehead atoms. The number of nitrogens with zero attached hydrogens (tertiary/aromatic N) is 1. The van der Waals surface area contributed by atoms with Crippen LogP contribution in [0.1, 0.15) is 20.3 Å². The van der Waals surface area contributed by atoms with E-state index in [-0.39, 0.29) is 12.6 Å². The van der Waals surface area contributed by atoms with Crippen molar-refractivity contribution in [1.29, 1.82) is 5.26 Å². The van der Waals surface area contributed by atoms with E-state index in [2.05, 4.69) is 5.32 Å². The Hall–Kier alpha value is -0.800. The fraction of sp³-hybridized carbons (Fsp3) is 0.889. The standard InChI is InChI=1S/C9H15F3N2O/c1-7(2)14-8(5-13)6-15-4-3-9(10,11)12/h7-8,14H,3-4,6H2,1-2H3. The summed E-state index contributed by atoms with van der Waals surface area (Å²) in [5.74, 6) is 0. The SMILES string of the molecule is CC(C)NC(C#N)COCCC(F)(F)F. The molecular formula is C9H15F3N2O. The van der Waals surface area contributed by atoms with Gasteiger partial charge in [-0.15, -0.1) is 0 Å². The molecule has 1 atom stereocenters. The smallest absolute Gasteiger partial charge is 0.378 e. The summed E-state index contributed by atoms with van der Waals surface area (Å²) in [6.07, 6.45) is -5.18. The lowest BCUT2D eigenvalue weighted by molar-refractivity contribution is -0.145. The largest absolute Gasteiger partial charge is 0.391 e. The molecule has 0 rings (SSSR count). The number of halogens is 3. The second-order valence-electron chi connectivity index (χ2n) is 3.44. The monoisotopic (exact) mass is 224 g/mol. The predicted octanol–water partition coefficient (Wildman–Crippen LogP) is 1.85. The molecule has 0 aliphatic rings. The third kappa shape index (κ3) is 9.50. The summed E-state index contributed by atoms with van der Waals surface area (Å²) in [5.41, 5.74) is 0. The molecule has 0 aliphatic carbocycles. The Balaban J connectivity index is 3.61. The number of alkyl halides is 3. The molecule has 88 valence electrons. The van der Waals surface area contributed by atoms with Gasteiger partial charge in [0.2, 0.25) is 0 Å². The molecule has 0 spiro atoms. The van der Waals surface area contributed by atoms with E-state index in [1.165, 1.54) is 0 Å². The van der Waals surface area contributed by atoms with E-state index < -0.39 is 25.2 Å². The number of nitrogens with one attached hydrogen (secondary N) is 1. The molecule has 0 aliphatic heterocycles. The molecule has 1 unspecified atom stereocenters. The molecule has 0 saturated carbocycles. The van der Waals surface area contributed by atoms with Crippen LogP contribution in [-0.4, -0.2) is 31.5 Å². The maximum absolute atomic E-state index is 11.7. The van der Waals surface area contributed by atoms with E-state index in [9.17, 15) is 13.2 Å². The van der Waals surface area contributed by atoms with E-state index in [1.807, 2.05) is 19.9 Å². The molecule has 1 N–H and O–H groups in total. The van der Waals surface area contributed by atoms with E-state index >= 15 is 0 Å². The van der Waals surface area contributed by atoms with Crippen molar-refractivity contribution in [1.82, 2.24) is 5.32 Å². The zero-order chi connectivity index (χ0) is 11.9. The van der Waals surface area contributed by atoms with Crippen LogP contribution >= 0.6 is 0 Å². The zero-order valence-electron chi connectivity index (χ0n) is 8.77. The molecule has 0 fully saturated rings. The summed E-state index contributed by atoms with van der Waals surface area (Å²) < 4.78 is 39.9. The quantitative estimate of drug-likeness (QED) is 0.700. The molecule has 0 aromatic carbocycles. The van der Waals surface area contributed by atoms with E-state index in [0.29, 0.717) is 0 Å². The molecule has 15 heavy (non-hydrogen) atoms. The summed E-state index contributed by atoms with van der Waals surface area (Å²) in [4.78, 5) is 0. The maximum Gasteiger partial charge on any atom is 0.391 e. The highest BCUT2D eigenvalue weighted by Crippen LogP contribution is 2.18. The number of ether oxygens (including phenoxy) is 1. The van der Waals surface area contributed by atoms with Gasteiger partial charge in [0.1, 0.15) is 6.04 Å². The Morgan fingerprint density at radius 2 is 2.00 bits per heavy atom. The van der Waals surface area contributed by atoms with Crippen molar-refractivity contribution in [2.24, 2.45) is 0 Å². The van der Waals surface area contributed by atoms with Crippen LogP contribution in [0.5, 0.6) is 0 Å². The van der Waals surface area contributed by atoms with Gasteiger partial charge in [0.05, 0.1) is 25.7 Å². The minimum atomic E-state index is -4.20. The minimum absolute atomic E-state index is 0.0231. The average molecular weight is 224 g/mol. The first-order valence-electron chi connectivity index (χ1n) is 4.65. The van der Waals surface area contributed by atoms with Crippen LogP contribution in [-0.2, 0) is 4.74 Å². The van der Waals surface area contributed by atoms with E-state index in [4.69, 9.17) is 10.00 Å². The minimum Gasteiger partial charge on any atom is -0.378 e. The van der Waals surface area contributed by atoms with Crippen LogP contribution in [0.3, 0.4) is 0 Å². The lowest BCUT2D eigenvalue weighted by Crippen LogP contribution is -2.37. The topological polar surface area (TPSA) is 45.0 Å². The summed E-state index contributed by atoms with van der Waals surface area (Å²) in [6, 6.07) is 1.45. The second kappa shape index (κ2) is 6.64. The molecule has 0 aromatic heterocycles. The van der Waals surface area contributed by atoms with Crippen LogP contribution in [0.2, 0.25) is 0 Å². The number of hydrogen-bond donors (Lipinski definition) is 1. The van der Waals surface area contributed by atoms with Crippen LogP contribution in [0.15, 0.2) is 0 Å². The van der Waals surface area contributed by atoms with E-state index in [0.717, 1.165) is 0 Å². The first-order valence-corrected chi connectivity index (χ1v) is 4.65. The molecule has 0 saturated heterocycles. The van der Waals surface area contributed by atoms with Gasteiger partial charge in [-0.1, -0.05) is 0 Å². The summed E-state index contributed by atoms with van der Waals surface area (Å²) in [7, 11) is 0. The molecule has 0 amide bonds. The van der Waals surface area contributed by atoms with Crippen molar-refractivity contribution in [2.45, 2.75) is 38.5 Å². The van der Waals surface area contributed by atoms with E-state index in [1.54, 1.807) is 0 Å². The normalized spacial score (nSPS) is 13.9. The molecule has 0 heterocycles. The van der Waals surface area contributed by atoms with Crippen LogP contribution < -0.4 is 5.32 Å². The Bertz CT molecular complexity index is 210. The second-order valence-corrected chi connectivity index (χ2v) is 3.44. The highest BCUT2D eigenvalue weighted by Gasteiger charge is 2.26. The molecule has 0 aromatic rings. The summed E-state index contributed by atoms with van der Waals surface area (Å²) in [5, 5.41) is 11.5. The summed E-state index contributed by atoms with van der Waals surface area (Å²) >= 11 is 0. The van der Waals surface area contributed by atoms with Crippen molar-refractivity contribution in [2.75, 3.05) is 13.2 Å². The van der Waals surface area contributed by atoms with Gasteiger partial charge >= 0.3 is 6.18 Å². The number of rotatable bonds is 6. The van der Waals surface area contributed by atoms with Gasteiger partial charge in [-0.25, -0.2) is 0 Å². The number of hydrogen-bond acceptors (Lipinski definition) is 3. The zero-order valence-corrected chi connectivity index (χ0v) is 8.77. The fourth-order valence-electron chi connectivity index (χ4n) is 0.914. The van der Waals surface area contributed by atoms with Gasteiger partial charge < -0.3 is 4.74 Å². The fourth-order valence-corrected chi connectivity index (χ4v) is 0.914. The summed E-state index contributed by atoms with van der Waals surface area (Å²) in [6.45, 7) is 3.27. The Labute approximate surface area is 87.2 Å². The van der Waals surface area contributed by atoms with Gasteiger partial charge in [-0.3, -0.25) is 5.32 Å². The maximum atomic E-state index is 11.7. The van der Waals surface area contributed by atoms with Gasteiger partial charge in [0.15, 0.2) is 0 Å². The molecular weight excluding hydrogens is 209 g/mol. The first-order chi connectivity index (χ1) is 6.85. The Morgan fingerprint density at radius 1 is 1.40 bits per heavy atom. The predicted molar refractivity (Wildman–Crippen MR) is 49.2 cm³/mol. The Morgan fingerprint density at radius 3 is 2.40 bits per heavy atom. The highest BCUT2D eigenvalue weighted by atomic mass is 19.4.